The molecule has 1 N–H and O–H groups in total. The Kier molecular flexibility index (Phi) is 6.85. The van der Waals surface area contributed by atoms with Gasteiger partial charge in [-0.3, -0.25) is 0 Å². The lowest BCUT2D eigenvalue weighted by Crippen LogP contribution is -2.29. The molecule has 2 atom stereocenters. The Hall–Kier alpha value is -0.240. The van der Waals surface area contributed by atoms with Crippen molar-refractivity contribution in [3.63, 3.8) is 0 Å². The van der Waals surface area contributed by atoms with Crippen LogP contribution in [-0.4, -0.2) is 13.1 Å². The fourth-order valence-corrected chi connectivity index (χ4v) is 3.83. The van der Waals surface area contributed by atoms with Crippen molar-refractivity contribution < 1.29 is 0 Å². The average Bonchev–Trinajstić information content (AvgIpc) is 2.67. The standard InChI is InChI=1S/C18H27Cl2N/c1-13(2)11-21-12-14-6-4-3-5-7-16(14)17-10-15(19)8-9-18(17)20/h8-10,13-14,16,21H,3-7,11-12H2,1-2H3. The number of nitrogens with one attached hydrogen (secondary N) is 1. The predicted octanol–water partition coefficient (Wildman–Crippen LogP) is 5.90. The molecule has 0 spiro atoms. The smallest absolute Gasteiger partial charge is 0.0441 e. The van der Waals surface area contributed by atoms with Gasteiger partial charge in [-0.25, -0.2) is 0 Å². The van der Waals surface area contributed by atoms with Crippen LogP contribution in [-0.2, 0) is 0 Å². The molecule has 3 heteroatoms. The highest BCUT2D eigenvalue weighted by Gasteiger charge is 2.26. The van der Waals surface area contributed by atoms with Crippen molar-refractivity contribution in [2.45, 2.75) is 51.9 Å². The van der Waals surface area contributed by atoms with Crippen LogP contribution in [0.3, 0.4) is 0 Å². The predicted molar refractivity (Wildman–Crippen MR) is 93.5 cm³/mol. The van der Waals surface area contributed by atoms with Crippen molar-refractivity contribution in [3.05, 3.63) is 33.8 Å². The molecule has 0 aromatic heterocycles. The fraction of sp³-hybridized carbons (Fsp3) is 0.667. The molecule has 0 heterocycles. The second-order valence-corrected chi connectivity index (χ2v) is 7.57. The van der Waals surface area contributed by atoms with Gasteiger partial charge in [0.2, 0.25) is 0 Å². The van der Waals surface area contributed by atoms with Gasteiger partial charge in [0, 0.05) is 10.0 Å². The molecule has 0 bridgehead atoms. The Labute approximate surface area is 139 Å². The minimum atomic E-state index is 0.540. The van der Waals surface area contributed by atoms with Crippen LogP contribution in [0.5, 0.6) is 0 Å². The summed E-state index contributed by atoms with van der Waals surface area (Å²) < 4.78 is 0. The van der Waals surface area contributed by atoms with E-state index < -0.39 is 0 Å². The molecule has 2 rings (SSSR count). The van der Waals surface area contributed by atoms with Crippen LogP contribution < -0.4 is 5.32 Å². The zero-order valence-electron chi connectivity index (χ0n) is 13.2. The Morgan fingerprint density at radius 1 is 1.14 bits per heavy atom. The fourth-order valence-electron chi connectivity index (χ4n) is 3.39. The second kappa shape index (κ2) is 8.41. The molecule has 0 radical (unpaired) electrons. The summed E-state index contributed by atoms with van der Waals surface area (Å²) in [5, 5.41) is 5.31. The molecule has 0 aliphatic heterocycles. The molecule has 2 unspecified atom stereocenters. The van der Waals surface area contributed by atoms with E-state index in [1.165, 1.54) is 37.7 Å². The summed E-state index contributed by atoms with van der Waals surface area (Å²) >= 11 is 12.6. The molecule has 1 saturated carbocycles. The molecule has 0 saturated heterocycles. The summed E-state index contributed by atoms with van der Waals surface area (Å²) in [4.78, 5) is 0. The average molecular weight is 328 g/mol. The maximum atomic E-state index is 6.45. The number of halogens is 2. The molecule has 0 amide bonds. The third kappa shape index (κ3) is 5.16. The maximum Gasteiger partial charge on any atom is 0.0441 e. The summed E-state index contributed by atoms with van der Waals surface area (Å²) in [5.41, 5.74) is 1.25. The van der Waals surface area contributed by atoms with E-state index >= 15 is 0 Å². The van der Waals surface area contributed by atoms with E-state index in [-0.39, 0.29) is 0 Å². The summed E-state index contributed by atoms with van der Waals surface area (Å²) in [5.74, 6) is 1.91. The molecule has 1 aromatic carbocycles. The molecule has 1 fully saturated rings. The minimum Gasteiger partial charge on any atom is -0.316 e. The van der Waals surface area contributed by atoms with E-state index in [9.17, 15) is 0 Å². The van der Waals surface area contributed by atoms with Crippen molar-refractivity contribution >= 4 is 23.2 Å². The molecular weight excluding hydrogens is 301 g/mol. The van der Waals surface area contributed by atoms with Crippen LogP contribution in [0.25, 0.3) is 0 Å². The molecule has 1 nitrogen and oxygen atoms in total. The maximum absolute atomic E-state index is 6.45. The van der Waals surface area contributed by atoms with Crippen molar-refractivity contribution in [1.29, 1.82) is 0 Å². The van der Waals surface area contributed by atoms with E-state index in [2.05, 4.69) is 25.2 Å². The highest BCUT2D eigenvalue weighted by molar-refractivity contribution is 6.33. The summed E-state index contributed by atoms with van der Waals surface area (Å²) in [7, 11) is 0. The number of rotatable bonds is 5. The third-order valence-corrected chi connectivity index (χ3v) is 5.06. The van der Waals surface area contributed by atoms with Crippen molar-refractivity contribution in [3.8, 4) is 0 Å². The molecule has 1 aromatic rings. The molecule has 1 aliphatic carbocycles. The van der Waals surface area contributed by atoms with Crippen LogP contribution >= 0.6 is 23.2 Å². The second-order valence-electron chi connectivity index (χ2n) is 6.72. The van der Waals surface area contributed by atoms with Crippen molar-refractivity contribution in [2.24, 2.45) is 11.8 Å². The topological polar surface area (TPSA) is 12.0 Å². The van der Waals surface area contributed by atoms with Gasteiger partial charge in [0.25, 0.3) is 0 Å². The first kappa shape index (κ1) is 17.1. The Balaban J connectivity index is 2.13. The molecule has 1 aliphatic rings. The van der Waals surface area contributed by atoms with Crippen molar-refractivity contribution in [2.75, 3.05) is 13.1 Å². The Bertz CT molecular complexity index is 445. The summed E-state index contributed by atoms with van der Waals surface area (Å²) in [6.07, 6.45) is 6.50. The van der Waals surface area contributed by atoms with Crippen LogP contribution in [0.2, 0.25) is 10.0 Å². The third-order valence-electron chi connectivity index (χ3n) is 4.48. The lowest BCUT2D eigenvalue weighted by Gasteiger charge is -2.27. The SMILES string of the molecule is CC(C)CNCC1CCCCCC1c1cc(Cl)ccc1Cl. The number of hydrogen-bond donors (Lipinski definition) is 1. The van der Waals surface area contributed by atoms with Crippen molar-refractivity contribution in [1.82, 2.24) is 5.32 Å². The van der Waals surface area contributed by atoms with Gasteiger partial charge in [-0.15, -0.1) is 0 Å². The van der Waals surface area contributed by atoms with Gasteiger partial charge in [0.1, 0.15) is 0 Å². The van der Waals surface area contributed by atoms with Crippen LogP contribution in [0, 0.1) is 11.8 Å². The zero-order valence-corrected chi connectivity index (χ0v) is 14.7. The number of hydrogen-bond acceptors (Lipinski definition) is 1. The monoisotopic (exact) mass is 327 g/mol. The first-order chi connectivity index (χ1) is 10.1. The first-order valence-electron chi connectivity index (χ1n) is 8.23. The summed E-state index contributed by atoms with van der Waals surface area (Å²) in [6, 6.07) is 5.91. The van der Waals surface area contributed by atoms with Gasteiger partial charge >= 0.3 is 0 Å². The quantitative estimate of drug-likeness (QED) is 0.663. The van der Waals surface area contributed by atoms with Gasteiger partial charge in [0.05, 0.1) is 0 Å². The van der Waals surface area contributed by atoms with Gasteiger partial charge in [-0.05, 0) is 67.4 Å². The zero-order chi connectivity index (χ0) is 15.2. The van der Waals surface area contributed by atoms with Crippen LogP contribution in [0.15, 0.2) is 18.2 Å². The van der Waals surface area contributed by atoms with Crippen LogP contribution in [0.1, 0.15) is 57.4 Å². The lowest BCUT2D eigenvalue weighted by molar-refractivity contribution is 0.366. The van der Waals surface area contributed by atoms with E-state index in [0.717, 1.165) is 23.1 Å². The number of benzene rings is 1. The molecular formula is C18H27Cl2N. The molecule has 21 heavy (non-hydrogen) atoms. The van der Waals surface area contributed by atoms with Gasteiger partial charge < -0.3 is 5.32 Å². The van der Waals surface area contributed by atoms with E-state index in [0.29, 0.717) is 17.8 Å². The minimum absolute atomic E-state index is 0.540. The van der Waals surface area contributed by atoms with E-state index in [4.69, 9.17) is 23.2 Å². The largest absolute Gasteiger partial charge is 0.316 e. The Morgan fingerprint density at radius 3 is 2.67 bits per heavy atom. The highest BCUT2D eigenvalue weighted by atomic mass is 35.5. The summed E-state index contributed by atoms with van der Waals surface area (Å²) in [6.45, 7) is 6.69. The van der Waals surface area contributed by atoms with E-state index in [1.54, 1.807) is 0 Å². The van der Waals surface area contributed by atoms with Gasteiger partial charge in [0.15, 0.2) is 0 Å². The van der Waals surface area contributed by atoms with Gasteiger partial charge in [-0.2, -0.15) is 0 Å². The normalized spacial score (nSPS) is 23.3. The lowest BCUT2D eigenvalue weighted by atomic mass is 9.82. The van der Waals surface area contributed by atoms with E-state index in [1.807, 2.05) is 12.1 Å². The van der Waals surface area contributed by atoms with Gasteiger partial charge in [-0.1, -0.05) is 56.3 Å². The Morgan fingerprint density at radius 2 is 1.90 bits per heavy atom. The molecule has 118 valence electrons. The first-order valence-corrected chi connectivity index (χ1v) is 8.99. The highest BCUT2D eigenvalue weighted by Crippen LogP contribution is 2.40. The van der Waals surface area contributed by atoms with Crippen LogP contribution in [0.4, 0.5) is 0 Å².